The highest BCUT2D eigenvalue weighted by molar-refractivity contribution is 6.35. The van der Waals surface area contributed by atoms with E-state index in [1.54, 1.807) is 13.2 Å². The minimum absolute atomic E-state index is 0.0351. The van der Waals surface area contributed by atoms with Gasteiger partial charge in [0.25, 0.3) is 0 Å². The number of methoxy groups -OCH3 is 1. The quantitative estimate of drug-likeness (QED) is 0.652. The van der Waals surface area contributed by atoms with E-state index in [0.29, 0.717) is 33.7 Å². The predicted octanol–water partition coefficient (Wildman–Crippen LogP) is 4.72. The van der Waals surface area contributed by atoms with E-state index in [-0.39, 0.29) is 18.6 Å². The average molecular weight is 375 g/mol. The molecule has 1 aromatic heterocycles. The Labute approximate surface area is 155 Å². The van der Waals surface area contributed by atoms with Crippen LogP contribution in [0.15, 0.2) is 34.7 Å². The topological polar surface area (TPSA) is 79.9 Å². The number of ether oxygens (including phenoxy) is 1. The maximum atomic E-state index is 10.8. The largest absolute Gasteiger partial charge is 0.507 e. The molecule has 136 valence electrons. The zero-order valence-electron chi connectivity index (χ0n) is 14.5. The number of phenols is 1. The molecule has 2 N–H and O–H groups in total. The molecule has 6 heteroatoms. The first-order valence-electron chi connectivity index (χ1n) is 8.17. The van der Waals surface area contributed by atoms with Gasteiger partial charge in [0.1, 0.15) is 17.3 Å². The summed E-state index contributed by atoms with van der Waals surface area (Å²) in [6.45, 7) is 1.86. The summed E-state index contributed by atoms with van der Waals surface area (Å²) in [5, 5.41) is 20.4. The van der Waals surface area contributed by atoms with Crippen LogP contribution in [0.4, 0.5) is 0 Å². The first kappa shape index (κ1) is 18.1. The first-order valence-corrected chi connectivity index (χ1v) is 8.55. The van der Waals surface area contributed by atoms with Crippen molar-refractivity contribution in [1.29, 1.82) is 0 Å². The van der Waals surface area contributed by atoms with Gasteiger partial charge < -0.3 is 19.4 Å². The van der Waals surface area contributed by atoms with E-state index in [1.165, 1.54) is 0 Å². The van der Waals surface area contributed by atoms with Gasteiger partial charge in [-0.05, 0) is 42.7 Å². The third kappa shape index (κ3) is 3.48. The lowest BCUT2D eigenvalue weighted by Crippen LogP contribution is -1.98. The Bertz CT molecular complexity index is 957. The van der Waals surface area contributed by atoms with E-state index < -0.39 is 5.97 Å². The fourth-order valence-corrected chi connectivity index (χ4v) is 3.26. The summed E-state index contributed by atoms with van der Waals surface area (Å²) in [7, 11) is 1.62. The highest BCUT2D eigenvalue weighted by Gasteiger charge is 2.20. The second-order valence-electron chi connectivity index (χ2n) is 6.14. The molecule has 3 rings (SSSR count). The van der Waals surface area contributed by atoms with Crippen molar-refractivity contribution in [2.75, 3.05) is 7.11 Å². The lowest BCUT2D eigenvalue weighted by Gasteiger charge is -2.06. The summed E-state index contributed by atoms with van der Waals surface area (Å²) < 4.78 is 11.1. The monoisotopic (exact) mass is 374 g/mol. The van der Waals surface area contributed by atoms with Crippen LogP contribution in [0.25, 0.3) is 11.0 Å². The maximum absolute atomic E-state index is 10.8. The molecule has 26 heavy (non-hydrogen) atoms. The molecule has 0 aliphatic carbocycles. The highest BCUT2D eigenvalue weighted by atomic mass is 35.5. The van der Waals surface area contributed by atoms with E-state index in [2.05, 4.69) is 0 Å². The molecule has 0 radical (unpaired) electrons. The summed E-state index contributed by atoms with van der Waals surface area (Å²) in [6, 6.07) is 9.22. The Morgan fingerprint density at radius 3 is 2.58 bits per heavy atom. The molecular weight excluding hydrogens is 356 g/mol. The third-order valence-electron chi connectivity index (χ3n) is 4.44. The summed E-state index contributed by atoms with van der Waals surface area (Å²) >= 11 is 6.31. The number of aliphatic carboxylic acids is 1. The van der Waals surface area contributed by atoms with Crippen LogP contribution in [0.2, 0.25) is 5.02 Å². The lowest BCUT2D eigenvalue weighted by molar-refractivity contribution is -0.136. The van der Waals surface area contributed by atoms with E-state index in [4.69, 9.17) is 25.9 Å². The number of carboxylic acids is 1. The molecule has 0 saturated carbocycles. The van der Waals surface area contributed by atoms with Crippen LogP contribution in [-0.2, 0) is 17.6 Å². The van der Waals surface area contributed by atoms with Gasteiger partial charge in [0, 0.05) is 18.4 Å². The number of rotatable bonds is 6. The molecule has 2 aromatic carbocycles. The van der Waals surface area contributed by atoms with E-state index in [0.717, 1.165) is 16.9 Å². The minimum Gasteiger partial charge on any atom is -0.507 e. The SMILES string of the molecule is COc1ccc(Cc2oc3c(Cl)cc(CCC(=O)O)c(O)c3c2C)cc1. The van der Waals surface area contributed by atoms with Crippen molar-refractivity contribution in [2.24, 2.45) is 0 Å². The molecule has 0 spiro atoms. The normalized spacial score (nSPS) is 11.0. The summed E-state index contributed by atoms with van der Waals surface area (Å²) in [6.07, 6.45) is 0.672. The summed E-state index contributed by atoms with van der Waals surface area (Å²) in [5.74, 6) is 0.592. The fraction of sp³-hybridized carbons (Fsp3) is 0.250. The fourth-order valence-electron chi connectivity index (χ4n) is 2.99. The van der Waals surface area contributed by atoms with Crippen molar-refractivity contribution in [3.8, 4) is 11.5 Å². The van der Waals surface area contributed by atoms with E-state index in [1.807, 2.05) is 31.2 Å². The third-order valence-corrected chi connectivity index (χ3v) is 4.72. The molecular formula is C20H19ClO5. The van der Waals surface area contributed by atoms with Crippen molar-refractivity contribution >= 4 is 28.5 Å². The second kappa shape index (κ2) is 7.30. The van der Waals surface area contributed by atoms with Crippen LogP contribution in [0, 0.1) is 6.92 Å². The molecule has 0 atom stereocenters. The van der Waals surface area contributed by atoms with E-state index in [9.17, 15) is 9.90 Å². The number of carbonyl (C=O) groups is 1. The number of hydrogen-bond donors (Lipinski definition) is 2. The van der Waals surface area contributed by atoms with Gasteiger partial charge in [-0.15, -0.1) is 0 Å². The summed E-state index contributed by atoms with van der Waals surface area (Å²) in [5.41, 5.74) is 2.76. The van der Waals surface area contributed by atoms with Crippen molar-refractivity contribution < 1.29 is 24.2 Å². The van der Waals surface area contributed by atoms with Gasteiger partial charge >= 0.3 is 5.97 Å². The van der Waals surface area contributed by atoms with Crippen molar-refractivity contribution in [3.05, 3.63) is 57.8 Å². The van der Waals surface area contributed by atoms with Crippen LogP contribution < -0.4 is 4.74 Å². The molecule has 0 bridgehead atoms. The average Bonchev–Trinajstić information content (AvgIpc) is 2.95. The number of fused-ring (bicyclic) bond motifs is 1. The van der Waals surface area contributed by atoms with Gasteiger partial charge in [0.15, 0.2) is 5.58 Å². The maximum Gasteiger partial charge on any atom is 0.303 e. The van der Waals surface area contributed by atoms with Crippen LogP contribution in [0.3, 0.4) is 0 Å². The van der Waals surface area contributed by atoms with Gasteiger partial charge in [-0.25, -0.2) is 0 Å². The standard InChI is InChI=1S/C20H19ClO5/c1-11-16(9-12-3-6-14(25-2)7-4-12)26-20-15(21)10-13(5-8-17(22)23)19(24)18(11)20/h3-4,6-7,10,24H,5,8-9H2,1-2H3,(H,22,23). The van der Waals surface area contributed by atoms with E-state index >= 15 is 0 Å². The molecule has 3 aromatic rings. The number of hydrogen-bond acceptors (Lipinski definition) is 4. The lowest BCUT2D eigenvalue weighted by atomic mass is 10.0. The molecule has 1 heterocycles. The number of aromatic hydroxyl groups is 1. The number of benzene rings is 2. The van der Waals surface area contributed by atoms with Crippen LogP contribution in [0.5, 0.6) is 11.5 Å². The number of carboxylic acid groups (broad SMARTS) is 1. The Hall–Kier alpha value is -2.66. The predicted molar refractivity (Wildman–Crippen MR) is 99.4 cm³/mol. The molecule has 5 nitrogen and oxygen atoms in total. The van der Waals surface area contributed by atoms with Gasteiger partial charge in [-0.2, -0.15) is 0 Å². The zero-order valence-corrected chi connectivity index (χ0v) is 15.3. The van der Waals surface area contributed by atoms with Gasteiger partial charge in [-0.1, -0.05) is 23.7 Å². The Morgan fingerprint density at radius 2 is 1.96 bits per heavy atom. The van der Waals surface area contributed by atoms with Crippen molar-refractivity contribution in [1.82, 2.24) is 0 Å². The molecule has 0 saturated heterocycles. The molecule has 0 aliphatic heterocycles. The Morgan fingerprint density at radius 1 is 1.27 bits per heavy atom. The first-order chi connectivity index (χ1) is 12.4. The molecule has 0 amide bonds. The van der Waals surface area contributed by atoms with Gasteiger partial charge in [0.05, 0.1) is 17.5 Å². The number of aryl methyl sites for hydroxylation is 2. The van der Waals surface area contributed by atoms with Gasteiger partial charge in [0.2, 0.25) is 0 Å². The van der Waals surface area contributed by atoms with Gasteiger partial charge in [-0.3, -0.25) is 4.79 Å². The molecule has 0 unspecified atom stereocenters. The number of phenolic OH excluding ortho intramolecular Hbond substituents is 1. The van der Waals surface area contributed by atoms with Crippen LogP contribution in [0.1, 0.15) is 28.9 Å². The minimum atomic E-state index is -0.926. The highest BCUT2D eigenvalue weighted by Crippen LogP contribution is 2.40. The smallest absolute Gasteiger partial charge is 0.303 e. The number of furan rings is 1. The van der Waals surface area contributed by atoms with Crippen LogP contribution in [-0.4, -0.2) is 23.3 Å². The van der Waals surface area contributed by atoms with Crippen molar-refractivity contribution in [3.63, 3.8) is 0 Å². The summed E-state index contributed by atoms with van der Waals surface area (Å²) in [4.78, 5) is 10.8. The Kier molecular flexibility index (Phi) is 5.09. The number of halogens is 1. The molecule has 0 fully saturated rings. The van der Waals surface area contributed by atoms with Crippen LogP contribution >= 0.6 is 11.6 Å². The molecule has 0 aliphatic rings. The second-order valence-corrected chi connectivity index (χ2v) is 6.55. The zero-order chi connectivity index (χ0) is 18.8. The van der Waals surface area contributed by atoms with Crippen molar-refractivity contribution in [2.45, 2.75) is 26.2 Å². The Balaban J connectivity index is 1.99.